The quantitative estimate of drug-likeness (QED) is 0.319. The summed E-state index contributed by atoms with van der Waals surface area (Å²) >= 11 is 0. The number of hydrogen-bond donors (Lipinski definition) is 1. The maximum absolute atomic E-state index is 10.9. The van der Waals surface area contributed by atoms with E-state index in [-0.39, 0.29) is 25.2 Å². The molecule has 0 radical (unpaired) electrons. The second-order valence-electron chi connectivity index (χ2n) is 2.98. The number of hydrogen-bond acceptors (Lipinski definition) is 4. The van der Waals surface area contributed by atoms with Crippen molar-refractivity contribution in [2.75, 3.05) is 12.1 Å². The van der Waals surface area contributed by atoms with Gasteiger partial charge in [-0.25, -0.2) is 0 Å². The first-order chi connectivity index (χ1) is 7.33. The van der Waals surface area contributed by atoms with Crippen LogP contribution in [-0.4, -0.2) is 18.7 Å². The van der Waals surface area contributed by atoms with Gasteiger partial charge in [-0.05, 0) is 12.1 Å². The van der Waals surface area contributed by atoms with Crippen molar-refractivity contribution in [1.29, 1.82) is 0 Å². The molecular weight excluding hydrogens is 194 g/mol. The molecule has 1 N–H and O–H groups in total. The molecule has 0 unspecified atom stereocenters. The Morgan fingerprint density at radius 2 is 2.07 bits per heavy atom. The summed E-state index contributed by atoms with van der Waals surface area (Å²) in [7, 11) is 0. The Bertz CT molecular complexity index is 311. The molecule has 0 aliphatic heterocycles. The van der Waals surface area contributed by atoms with Crippen LogP contribution in [0.1, 0.15) is 12.8 Å². The normalized spacial score (nSPS) is 9.60. The topological polar surface area (TPSA) is 55.4 Å². The van der Waals surface area contributed by atoms with Crippen LogP contribution < -0.4 is 5.48 Å². The molecule has 0 amide bonds. The Balaban J connectivity index is 2.12. The van der Waals surface area contributed by atoms with Gasteiger partial charge in [-0.15, -0.1) is 0 Å². The number of nitrogens with one attached hydrogen (secondary N) is 1. The Morgan fingerprint density at radius 1 is 1.33 bits per heavy atom. The van der Waals surface area contributed by atoms with Crippen molar-refractivity contribution >= 4 is 17.8 Å². The third-order valence-corrected chi connectivity index (χ3v) is 1.76. The first-order valence-electron chi connectivity index (χ1n) is 4.71. The van der Waals surface area contributed by atoms with Gasteiger partial charge < -0.3 is 4.79 Å². The zero-order chi connectivity index (χ0) is 10.9. The van der Waals surface area contributed by atoms with Gasteiger partial charge in [0.2, 0.25) is 0 Å². The summed E-state index contributed by atoms with van der Waals surface area (Å²) in [6.07, 6.45) is 0.820. The summed E-state index contributed by atoms with van der Waals surface area (Å²) in [5.41, 5.74) is 3.54. The van der Waals surface area contributed by atoms with Crippen molar-refractivity contribution in [1.82, 2.24) is 0 Å². The molecule has 0 aliphatic carbocycles. The van der Waals surface area contributed by atoms with Gasteiger partial charge in [0.15, 0.2) is 0 Å². The molecule has 0 aromatic heterocycles. The molecule has 0 spiro atoms. The summed E-state index contributed by atoms with van der Waals surface area (Å²) in [6, 6.07) is 9.37. The predicted molar refractivity (Wildman–Crippen MR) is 56.3 cm³/mol. The molecule has 0 aliphatic rings. The van der Waals surface area contributed by atoms with Gasteiger partial charge >= 0.3 is 0 Å². The first-order valence-corrected chi connectivity index (χ1v) is 4.71. The Kier molecular flexibility index (Phi) is 5.11. The Morgan fingerprint density at radius 3 is 2.73 bits per heavy atom. The second-order valence-corrected chi connectivity index (χ2v) is 2.98. The smallest absolute Gasteiger partial charge is 0.142 e. The van der Waals surface area contributed by atoms with E-state index in [4.69, 9.17) is 4.84 Å². The molecule has 0 atom stereocenters. The van der Waals surface area contributed by atoms with Gasteiger partial charge in [0, 0.05) is 6.42 Å². The van der Waals surface area contributed by atoms with E-state index in [0.717, 1.165) is 5.69 Å². The average molecular weight is 207 g/mol. The fraction of sp³-hybridized carbons (Fsp3) is 0.273. The lowest BCUT2D eigenvalue weighted by Crippen LogP contribution is -2.08. The largest absolute Gasteiger partial charge is 0.303 e. The average Bonchev–Trinajstić information content (AvgIpc) is 2.26. The molecule has 0 saturated heterocycles. The summed E-state index contributed by atoms with van der Waals surface area (Å²) < 4.78 is 0. The Labute approximate surface area is 88.2 Å². The van der Waals surface area contributed by atoms with Crippen molar-refractivity contribution in [3.8, 4) is 0 Å². The van der Waals surface area contributed by atoms with Crippen LogP contribution in [0, 0.1) is 0 Å². The van der Waals surface area contributed by atoms with Gasteiger partial charge in [-0.2, -0.15) is 0 Å². The fourth-order valence-corrected chi connectivity index (χ4v) is 1.00. The van der Waals surface area contributed by atoms with E-state index < -0.39 is 0 Å². The predicted octanol–water partition coefficient (Wildman–Crippen LogP) is 1.58. The van der Waals surface area contributed by atoms with E-state index in [1.807, 2.05) is 30.3 Å². The lowest BCUT2D eigenvalue weighted by atomic mass is 10.2. The number of Topliss-reactive ketones (excluding diaryl/α,β-unsaturated/α-hetero) is 1. The fourth-order valence-electron chi connectivity index (χ4n) is 1.00. The third kappa shape index (κ3) is 4.93. The summed E-state index contributed by atoms with van der Waals surface area (Å²) in [4.78, 5) is 26.0. The number of anilines is 1. The van der Waals surface area contributed by atoms with Crippen LogP contribution in [0.4, 0.5) is 5.69 Å². The number of aldehydes is 1. The number of rotatable bonds is 7. The maximum Gasteiger partial charge on any atom is 0.142 e. The zero-order valence-electron chi connectivity index (χ0n) is 8.31. The monoisotopic (exact) mass is 207 g/mol. The van der Waals surface area contributed by atoms with Gasteiger partial charge in [0.25, 0.3) is 0 Å². The molecule has 0 fully saturated rings. The number of carbonyl (C=O) groups is 2. The lowest BCUT2D eigenvalue weighted by molar-refractivity contribution is -0.122. The van der Waals surface area contributed by atoms with E-state index >= 15 is 0 Å². The maximum atomic E-state index is 10.9. The number of ketones is 1. The van der Waals surface area contributed by atoms with Gasteiger partial charge in [0.1, 0.15) is 12.1 Å². The van der Waals surface area contributed by atoms with Crippen LogP contribution >= 0.6 is 0 Å². The highest BCUT2D eigenvalue weighted by atomic mass is 16.6. The van der Waals surface area contributed by atoms with Crippen LogP contribution in [0.3, 0.4) is 0 Å². The third-order valence-electron chi connectivity index (χ3n) is 1.76. The van der Waals surface area contributed by atoms with Crippen molar-refractivity contribution in [2.24, 2.45) is 0 Å². The summed E-state index contributed by atoms with van der Waals surface area (Å²) in [6.45, 7) is 0.265. The standard InChI is InChI=1S/C11H13NO3/c13-8-6-11(14)7-9-15-12-10-4-2-1-3-5-10/h1-5,8,12H,6-7,9H2. The molecular formula is C11H13NO3. The highest BCUT2D eigenvalue weighted by molar-refractivity contribution is 5.89. The molecule has 0 bridgehead atoms. The van der Waals surface area contributed by atoms with E-state index in [1.54, 1.807) is 0 Å². The van der Waals surface area contributed by atoms with Crippen LogP contribution in [-0.2, 0) is 14.4 Å². The van der Waals surface area contributed by atoms with E-state index in [2.05, 4.69) is 5.48 Å². The van der Waals surface area contributed by atoms with E-state index in [0.29, 0.717) is 6.29 Å². The molecule has 0 saturated carbocycles. The molecule has 15 heavy (non-hydrogen) atoms. The van der Waals surface area contributed by atoms with E-state index in [9.17, 15) is 9.59 Å². The minimum Gasteiger partial charge on any atom is -0.303 e. The summed E-state index contributed by atoms with van der Waals surface area (Å²) in [5, 5.41) is 0. The Hall–Kier alpha value is -1.68. The highest BCUT2D eigenvalue weighted by Crippen LogP contribution is 2.04. The van der Waals surface area contributed by atoms with Crippen LogP contribution in [0.5, 0.6) is 0 Å². The highest BCUT2D eigenvalue weighted by Gasteiger charge is 2.00. The van der Waals surface area contributed by atoms with Crippen molar-refractivity contribution in [2.45, 2.75) is 12.8 Å². The van der Waals surface area contributed by atoms with Gasteiger partial charge in [-0.1, -0.05) is 18.2 Å². The molecule has 1 rings (SSSR count). The van der Waals surface area contributed by atoms with Gasteiger partial charge in [-0.3, -0.25) is 15.1 Å². The van der Waals surface area contributed by atoms with Crippen molar-refractivity contribution < 1.29 is 14.4 Å². The molecule has 1 aromatic carbocycles. The van der Waals surface area contributed by atoms with E-state index in [1.165, 1.54) is 0 Å². The molecule has 4 heteroatoms. The van der Waals surface area contributed by atoms with Crippen molar-refractivity contribution in [3.05, 3.63) is 30.3 Å². The number of para-hydroxylation sites is 1. The molecule has 4 nitrogen and oxygen atoms in total. The first kappa shape index (κ1) is 11.4. The second kappa shape index (κ2) is 6.73. The van der Waals surface area contributed by atoms with Crippen molar-refractivity contribution in [3.63, 3.8) is 0 Å². The number of carbonyl (C=O) groups excluding carboxylic acids is 2. The minimum absolute atomic E-state index is 0.0330. The molecule has 80 valence electrons. The van der Waals surface area contributed by atoms with Crippen LogP contribution in [0.15, 0.2) is 30.3 Å². The minimum atomic E-state index is -0.111. The molecule has 0 heterocycles. The zero-order valence-corrected chi connectivity index (χ0v) is 8.31. The van der Waals surface area contributed by atoms with Gasteiger partial charge in [0.05, 0.1) is 18.7 Å². The number of benzene rings is 1. The van der Waals surface area contributed by atoms with Crippen LogP contribution in [0.2, 0.25) is 0 Å². The molecule has 1 aromatic rings. The summed E-state index contributed by atoms with van der Waals surface area (Å²) in [5.74, 6) is -0.111. The lowest BCUT2D eigenvalue weighted by Gasteiger charge is -2.05. The SMILES string of the molecule is O=CCC(=O)CCONc1ccccc1. The van der Waals surface area contributed by atoms with Crippen LogP contribution in [0.25, 0.3) is 0 Å².